The van der Waals surface area contributed by atoms with Crippen LogP contribution in [0.25, 0.3) is 11.1 Å². The molecule has 41 heavy (non-hydrogen) atoms. The molecule has 1 heterocycles. The van der Waals surface area contributed by atoms with Crippen molar-refractivity contribution in [2.45, 2.75) is 19.5 Å². The number of alkyl halides is 3. The fourth-order valence-electron chi connectivity index (χ4n) is 3.89. The summed E-state index contributed by atoms with van der Waals surface area (Å²) in [5, 5.41) is 2.26. The van der Waals surface area contributed by atoms with Crippen LogP contribution in [0.4, 0.5) is 28.9 Å². The fraction of sp³-hybridized carbons (Fsp3) is 0.308. The van der Waals surface area contributed by atoms with Gasteiger partial charge in [-0.3, -0.25) is 14.3 Å². The van der Waals surface area contributed by atoms with Crippen molar-refractivity contribution >= 4 is 25.0 Å². The third-order valence-corrected chi connectivity index (χ3v) is 6.86. The number of nitrogens with one attached hydrogen (secondary N) is 2. The SMILES string of the molecule is CCOc1cc(=O)[nH]cc1-c1ccc(CC(=O)Nc2cc(N(CCN(C)C)P(=O)(O)O)cc(C(F)(F)F)c2)c(F)c1. The second-order valence-electron chi connectivity index (χ2n) is 9.25. The number of benzene rings is 2. The maximum Gasteiger partial charge on any atom is 0.430 e. The average molecular weight is 601 g/mol. The molecule has 0 fully saturated rings. The Balaban J connectivity index is 1.88. The minimum Gasteiger partial charge on any atom is -0.493 e. The van der Waals surface area contributed by atoms with Gasteiger partial charge in [-0.25, -0.2) is 8.96 Å². The van der Waals surface area contributed by atoms with E-state index in [1.807, 2.05) is 0 Å². The van der Waals surface area contributed by atoms with Crippen LogP contribution < -0.4 is 20.3 Å². The van der Waals surface area contributed by atoms with E-state index in [0.717, 1.165) is 12.1 Å². The average Bonchev–Trinajstić information content (AvgIpc) is 2.84. The Bertz CT molecular complexity index is 1510. The number of ether oxygens (including phenoxy) is 1. The number of carbonyl (C=O) groups is 1. The molecular formula is C26H29F4N4O6P. The van der Waals surface area contributed by atoms with Crippen molar-refractivity contribution < 1.29 is 41.4 Å². The summed E-state index contributed by atoms with van der Waals surface area (Å²) in [6.45, 7) is 1.79. The predicted octanol–water partition coefficient (Wildman–Crippen LogP) is 4.24. The van der Waals surface area contributed by atoms with Gasteiger partial charge in [0.15, 0.2) is 0 Å². The van der Waals surface area contributed by atoms with Crippen molar-refractivity contribution in [2.24, 2.45) is 0 Å². The normalized spacial score (nSPS) is 12.0. The first-order valence-corrected chi connectivity index (χ1v) is 13.8. The highest BCUT2D eigenvalue weighted by molar-refractivity contribution is 7.53. The molecule has 0 bridgehead atoms. The lowest BCUT2D eigenvalue weighted by molar-refractivity contribution is -0.137. The van der Waals surface area contributed by atoms with Gasteiger partial charge in [0.05, 0.1) is 18.6 Å². The van der Waals surface area contributed by atoms with E-state index in [1.54, 1.807) is 25.9 Å². The van der Waals surface area contributed by atoms with E-state index in [1.165, 1.54) is 24.4 Å². The monoisotopic (exact) mass is 600 g/mol. The summed E-state index contributed by atoms with van der Waals surface area (Å²) in [4.78, 5) is 48.0. The third kappa shape index (κ3) is 8.64. The predicted molar refractivity (Wildman–Crippen MR) is 145 cm³/mol. The van der Waals surface area contributed by atoms with Crippen molar-refractivity contribution in [2.75, 3.05) is 43.8 Å². The van der Waals surface area contributed by atoms with Gasteiger partial charge in [-0.1, -0.05) is 12.1 Å². The molecule has 0 atom stereocenters. The van der Waals surface area contributed by atoms with Gasteiger partial charge in [0.25, 0.3) is 5.56 Å². The molecule has 2 aromatic carbocycles. The number of nitrogens with zero attached hydrogens (tertiary/aromatic N) is 2. The summed E-state index contributed by atoms with van der Waals surface area (Å²) < 4.78 is 73.9. The van der Waals surface area contributed by atoms with Crippen LogP contribution in [0.2, 0.25) is 0 Å². The number of amides is 1. The van der Waals surface area contributed by atoms with Gasteiger partial charge in [0, 0.05) is 42.3 Å². The van der Waals surface area contributed by atoms with E-state index in [9.17, 15) is 41.5 Å². The summed E-state index contributed by atoms with van der Waals surface area (Å²) in [6.07, 6.45) is -4.08. The Morgan fingerprint density at radius 3 is 2.39 bits per heavy atom. The third-order valence-electron chi connectivity index (χ3n) is 5.80. The summed E-state index contributed by atoms with van der Waals surface area (Å²) in [7, 11) is -1.78. The molecule has 222 valence electrons. The minimum absolute atomic E-state index is 0.0661. The van der Waals surface area contributed by atoms with Crippen LogP contribution in [-0.2, 0) is 22.0 Å². The Morgan fingerprint density at radius 2 is 1.80 bits per heavy atom. The molecule has 1 amide bonds. The summed E-state index contributed by atoms with van der Waals surface area (Å²) in [5.41, 5.74) is -1.79. The van der Waals surface area contributed by atoms with Crippen LogP contribution in [0.1, 0.15) is 18.1 Å². The Hall–Kier alpha value is -3.71. The molecule has 3 aromatic rings. The molecule has 10 nitrogen and oxygen atoms in total. The number of halogens is 4. The van der Waals surface area contributed by atoms with Crippen LogP contribution in [0, 0.1) is 5.82 Å². The molecule has 4 N–H and O–H groups in total. The first-order chi connectivity index (χ1) is 19.1. The maximum absolute atomic E-state index is 15.0. The van der Waals surface area contributed by atoms with E-state index in [0.29, 0.717) is 27.9 Å². The van der Waals surface area contributed by atoms with E-state index < -0.39 is 48.9 Å². The Kier molecular flexibility index (Phi) is 9.98. The smallest absolute Gasteiger partial charge is 0.430 e. The zero-order chi connectivity index (χ0) is 30.5. The van der Waals surface area contributed by atoms with E-state index in [4.69, 9.17) is 4.74 Å². The van der Waals surface area contributed by atoms with Gasteiger partial charge < -0.3 is 29.7 Å². The highest BCUT2D eigenvalue weighted by atomic mass is 31.2. The summed E-state index contributed by atoms with van der Waals surface area (Å²) in [6, 6.07) is 7.37. The zero-order valence-corrected chi connectivity index (χ0v) is 23.2. The molecule has 0 aliphatic heterocycles. The number of anilines is 2. The second kappa shape index (κ2) is 12.9. The summed E-state index contributed by atoms with van der Waals surface area (Å²) in [5.74, 6) is -1.42. The first kappa shape index (κ1) is 31.8. The number of rotatable bonds is 11. The molecule has 3 rings (SSSR count). The number of hydrogen-bond acceptors (Lipinski definition) is 5. The van der Waals surface area contributed by atoms with Gasteiger partial charge in [0.2, 0.25) is 5.91 Å². The number of aromatic amines is 1. The molecule has 0 aliphatic rings. The molecule has 0 aliphatic carbocycles. The molecular weight excluding hydrogens is 571 g/mol. The number of hydrogen-bond donors (Lipinski definition) is 4. The van der Waals surface area contributed by atoms with E-state index in [2.05, 4.69) is 10.3 Å². The van der Waals surface area contributed by atoms with E-state index in [-0.39, 0.29) is 36.7 Å². The fourth-order valence-corrected chi connectivity index (χ4v) is 4.66. The molecule has 0 saturated heterocycles. The molecule has 1 aromatic heterocycles. The molecule has 0 radical (unpaired) electrons. The molecule has 0 saturated carbocycles. The van der Waals surface area contributed by atoms with Crippen molar-refractivity contribution in [1.82, 2.24) is 9.88 Å². The van der Waals surface area contributed by atoms with E-state index >= 15 is 0 Å². The molecule has 15 heteroatoms. The standard InChI is InChI=1S/C26H29F4N4O6P/c1-4-40-23-14-24(35)31-15-21(23)16-5-6-17(22(27)9-16)10-25(36)32-19-11-18(26(28,29)30)12-20(13-19)34(41(37,38)39)8-7-33(2)3/h5-6,9,11-15H,4,7-8,10H2,1-3H3,(H,31,35)(H,32,36)(H2,37,38,39). The quantitative estimate of drug-likeness (QED) is 0.190. The lowest BCUT2D eigenvalue weighted by atomic mass is 10.0. The van der Waals surface area contributed by atoms with Crippen LogP contribution in [0.15, 0.2) is 53.5 Å². The molecule has 0 spiro atoms. The highest BCUT2D eigenvalue weighted by Crippen LogP contribution is 2.46. The van der Waals surface area contributed by atoms with Gasteiger partial charge in [-0.15, -0.1) is 0 Å². The van der Waals surface area contributed by atoms with Crippen LogP contribution >= 0.6 is 7.75 Å². The topological polar surface area (TPSA) is 135 Å². The van der Waals surface area contributed by atoms with Crippen molar-refractivity contribution in [3.63, 3.8) is 0 Å². The van der Waals surface area contributed by atoms with Crippen LogP contribution in [-0.4, -0.2) is 59.4 Å². The number of carbonyl (C=O) groups excluding carboxylic acids is 1. The van der Waals surface area contributed by atoms with Crippen molar-refractivity contribution in [3.8, 4) is 16.9 Å². The van der Waals surface area contributed by atoms with Crippen LogP contribution in [0.3, 0.4) is 0 Å². The largest absolute Gasteiger partial charge is 0.493 e. The Labute approximate surface area is 232 Å². The van der Waals surface area contributed by atoms with Gasteiger partial charge in [-0.2, -0.15) is 13.2 Å². The number of pyridine rings is 1. The maximum atomic E-state index is 15.0. The van der Waals surface area contributed by atoms with Gasteiger partial charge in [0.1, 0.15) is 11.6 Å². The second-order valence-corrected chi connectivity index (χ2v) is 10.8. The number of likely N-dealkylation sites (N-methyl/N-ethyl adjacent to an activating group) is 1. The minimum atomic E-state index is -5.03. The lowest BCUT2D eigenvalue weighted by Crippen LogP contribution is -2.29. The first-order valence-electron chi connectivity index (χ1n) is 12.2. The van der Waals surface area contributed by atoms with Gasteiger partial charge >= 0.3 is 13.9 Å². The van der Waals surface area contributed by atoms with Crippen LogP contribution in [0.5, 0.6) is 5.75 Å². The Morgan fingerprint density at radius 1 is 1.10 bits per heavy atom. The van der Waals surface area contributed by atoms with Gasteiger partial charge in [-0.05, 0) is 56.4 Å². The van der Waals surface area contributed by atoms with Crippen molar-refractivity contribution in [3.05, 3.63) is 76.0 Å². The number of aromatic nitrogens is 1. The number of H-pyrrole nitrogens is 1. The zero-order valence-electron chi connectivity index (χ0n) is 22.3. The lowest BCUT2D eigenvalue weighted by Gasteiger charge is -2.28. The molecule has 0 unspecified atom stereocenters. The summed E-state index contributed by atoms with van der Waals surface area (Å²) >= 11 is 0. The highest BCUT2D eigenvalue weighted by Gasteiger charge is 2.34. The van der Waals surface area contributed by atoms with Crippen molar-refractivity contribution in [1.29, 1.82) is 0 Å².